The van der Waals surface area contributed by atoms with Gasteiger partial charge in [0.2, 0.25) is 0 Å². The zero-order valence-electron chi connectivity index (χ0n) is 16.6. The second-order valence-corrected chi connectivity index (χ2v) is 8.38. The van der Waals surface area contributed by atoms with Crippen molar-refractivity contribution in [3.63, 3.8) is 0 Å². The second kappa shape index (κ2) is 7.75. The van der Waals surface area contributed by atoms with E-state index in [-0.39, 0.29) is 22.0 Å². The molecule has 0 fully saturated rings. The van der Waals surface area contributed by atoms with Gasteiger partial charge < -0.3 is 15.5 Å². The Balaban J connectivity index is 1.94. The highest BCUT2D eigenvalue weighted by atomic mass is 32.1. The largest absolute Gasteiger partial charge is 0.455 e. The van der Waals surface area contributed by atoms with Crippen LogP contribution in [0.2, 0.25) is 0 Å². The molecule has 1 amide bonds. The fraction of sp³-hybridized carbons (Fsp3) is 0.350. The number of rotatable bonds is 3. The van der Waals surface area contributed by atoms with Crippen molar-refractivity contribution in [3.8, 4) is 0 Å². The Hall–Kier alpha value is -2.88. The van der Waals surface area contributed by atoms with Crippen molar-refractivity contribution in [2.45, 2.75) is 39.8 Å². The molecule has 0 saturated heterocycles. The number of amides is 1. The molecular weight excluding hydrogens is 417 g/mol. The summed E-state index contributed by atoms with van der Waals surface area (Å²) in [5.74, 6) is -0.0275. The van der Waals surface area contributed by atoms with Gasteiger partial charge in [0, 0.05) is 23.2 Å². The first-order chi connectivity index (χ1) is 13.9. The molecule has 10 heteroatoms. The molecule has 160 valence electrons. The summed E-state index contributed by atoms with van der Waals surface area (Å²) < 4.78 is 44.6. The number of furan rings is 1. The number of carbonyl (C=O) groups is 1. The van der Waals surface area contributed by atoms with Gasteiger partial charge in [0.25, 0.3) is 5.91 Å². The number of nitrogens with one attached hydrogen (secondary N) is 2. The molecule has 4 N–H and O–H groups in total. The Morgan fingerprint density at radius 2 is 2.00 bits per heavy atom. The Morgan fingerprint density at radius 3 is 2.63 bits per heavy atom. The number of nitrogens with two attached hydrogens (primary N) is 1. The average Bonchev–Trinajstić information content (AvgIpc) is 2.94. The highest BCUT2D eigenvalue weighted by Crippen LogP contribution is 2.39. The van der Waals surface area contributed by atoms with Crippen LogP contribution in [0.25, 0.3) is 0 Å². The number of alkyl halides is 3. The summed E-state index contributed by atoms with van der Waals surface area (Å²) in [6.45, 7) is 5.77. The topological polar surface area (TPSA) is 92.6 Å². The molecule has 1 aromatic heterocycles. The van der Waals surface area contributed by atoms with Crippen LogP contribution in [0.5, 0.6) is 0 Å². The van der Waals surface area contributed by atoms with Crippen LogP contribution in [0.1, 0.15) is 53.3 Å². The van der Waals surface area contributed by atoms with E-state index in [9.17, 15) is 18.0 Å². The third-order valence-electron chi connectivity index (χ3n) is 4.75. The van der Waals surface area contributed by atoms with Crippen molar-refractivity contribution in [3.05, 3.63) is 52.5 Å². The number of benzene rings is 1. The van der Waals surface area contributed by atoms with Gasteiger partial charge in [0.05, 0.1) is 11.3 Å². The average molecular weight is 438 g/mol. The van der Waals surface area contributed by atoms with E-state index in [2.05, 4.69) is 15.8 Å². The number of carbonyl (C=O) groups excluding carboxylic acids is 1. The fourth-order valence-corrected chi connectivity index (χ4v) is 3.56. The molecule has 0 saturated carbocycles. The van der Waals surface area contributed by atoms with E-state index in [4.69, 9.17) is 22.4 Å². The van der Waals surface area contributed by atoms with Gasteiger partial charge in [-0.05, 0) is 49.2 Å². The molecule has 1 heterocycles. The summed E-state index contributed by atoms with van der Waals surface area (Å²) >= 11 is 4.80. The van der Waals surface area contributed by atoms with Crippen molar-refractivity contribution in [2.24, 2.45) is 16.3 Å². The van der Waals surface area contributed by atoms with Crippen LogP contribution >= 0.6 is 12.2 Å². The van der Waals surface area contributed by atoms with Crippen molar-refractivity contribution in [1.29, 1.82) is 0 Å². The zero-order valence-corrected chi connectivity index (χ0v) is 17.4. The Labute approximate surface area is 176 Å². The first-order valence-corrected chi connectivity index (χ1v) is 9.51. The van der Waals surface area contributed by atoms with Crippen molar-refractivity contribution in [2.75, 3.05) is 5.32 Å². The Bertz CT molecular complexity index is 1040. The molecule has 3 rings (SSSR count). The predicted molar refractivity (Wildman–Crippen MR) is 111 cm³/mol. The van der Waals surface area contributed by atoms with E-state index in [1.807, 2.05) is 13.8 Å². The normalized spacial score (nSPS) is 16.8. The number of fused-ring (bicyclic) bond motifs is 1. The molecule has 0 bridgehead atoms. The Morgan fingerprint density at radius 1 is 1.30 bits per heavy atom. The summed E-state index contributed by atoms with van der Waals surface area (Å²) in [7, 11) is 0. The van der Waals surface area contributed by atoms with Crippen LogP contribution in [-0.4, -0.2) is 16.7 Å². The van der Waals surface area contributed by atoms with Crippen LogP contribution in [0.3, 0.4) is 0 Å². The number of anilines is 1. The zero-order chi connectivity index (χ0) is 22.3. The number of nitrogens with zero attached hydrogens (tertiary/aromatic N) is 1. The van der Waals surface area contributed by atoms with E-state index in [0.717, 1.165) is 12.1 Å². The Kier molecular flexibility index (Phi) is 5.64. The second-order valence-electron chi connectivity index (χ2n) is 7.94. The lowest BCUT2D eigenvalue weighted by Gasteiger charge is -2.29. The molecule has 0 atom stereocenters. The third kappa shape index (κ3) is 4.64. The van der Waals surface area contributed by atoms with Crippen molar-refractivity contribution >= 4 is 34.6 Å². The maximum absolute atomic E-state index is 12.9. The third-order valence-corrected chi connectivity index (χ3v) is 4.84. The van der Waals surface area contributed by atoms with Crippen LogP contribution in [0.15, 0.2) is 33.8 Å². The SMILES string of the molecule is Cc1c(C(=O)Nc2cccc(C(F)(F)F)c2)oc2c1/C(=N\NC(N)=S)CC(C)(C)C2. The molecule has 0 radical (unpaired) electrons. The number of halogens is 3. The van der Waals surface area contributed by atoms with Crippen LogP contribution in [-0.2, 0) is 12.6 Å². The monoisotopic (exact) mass is 438 g/mol. The molecule has 0 unspecified atom stereocenters. The molecule has 1 aliphatic rings. The van der Waals surface area contributed by atoms with E-state index in [0.29, 0.717) is 35.4 Å². The lowest BCUT2D eigenvalue weighted by molar-refractivity contribution is -0.137. The first kappa shape index (κ1) is 21.8. The van der Waals surface area contributed by atoms with Crippen LogP contribution < -0.4 is 16.5 Å². The molecular formula is C20H21F3N4O2S. The lowest BCUT2D eigenvalue weighted by atomic mass is 9.75. The fourth-order valence-electron chi connectivity index (χ4n) is 3.51. The van der Waals surface area contributed by atoms with E-state index in [1.165, 1.54) is 12.1 Å². The molecule has 1 aliphatic carbocycles. The quantitative estimate of drug-likeness (QED) is 0.489. The number of thiocarbonyl (C=S) groups is 1. The van der Waals surface area contributed by atoms with Gasteiger partial charge in [-0.3, -0.25) is 10.2 Å². The molecule has 30 heavy (non-hydrogen) atoms. The summed E-state index contributed by atoms with van der Waals surface area (Å²) in [5, 5.41) is 6.75. The highest BCUT2D eigenvalue weighted by molar-refractivity contribution is 7.80. The molecule has 2 aromatic rings. The minimum atomic E-state index is -4.51. The molecule has 6 nitrogen and oxygen atoms in total. The van der Waals surface area contributed by atoms with Crippen molar-refractivity contribution < 1.29 is 22.4 Å². The van der Waals surface area contributed by atoms with E-state index < -0.39 is 17.6 Å². The van der Waals surface area contributed by atoms with Gasteiger partial charge in [-0.2, -0.15) is 18.3 Å². The lowest BCUT2D eigenvalue weighted by Crippen LogP contribution is -2.31. The van der Waals surface area contributed by atoms with Gasteiger partial charge in [0.1, 0.15) is 5.76 Å². The van der Waals surface area contributed by atoms with Crippen LogP contribution in [0, 0.1) is 12.3 Å². The maximum Gasteiger partial charge on any atom is 0.416 e. The minimum absolute atomic E-state index is 0.0103. The van der Waals surface area contributed by atoms with E-state index in [1.54, 1.807) is 6.92 Å². The summed E-state index contributed by atoms with van der Waals surface area (Å²) in [4.78, 5) is 12.8. The van der Waals surface area contributed by atoms with Crippen LogP contribution in [0.4, 0.5) is 18.9 Å². The smallest absolute Gasteiger partial charge is 0.416 e. The highest BCUT2D eigenvalue weighted by Gasteiger charge is 2.36. The molecule has 1 aromatic carbocycles. The maximum atomic E-state index is 12.9. The summed E-state index contributed by atoms with van der Waals surface area (Å²) in [6.07, 6.45) is -3.33. The number of hydrogen-bond donors (Lipinski definition) is 3. The van der Waals surface area contributed by atoms with Gasteiger partial charge in [-0.1, -0.05) is 19.9 Å². The van der Waals surface area contributed by atoms with Gasteiger partial charge >= 0.3 is 6.18 Å². The minimum Gasteiger partial charge on any atom is -0.455 e. The number of hydrazone groups is 1. The standard InChI is InChI=1S/C20H21F3N4O2S/c1-10-15-13(26-27-18(24)30)8-19(2,3)9-14(15)29-16(10)17(28)25-12-6-4-5-11(7-12)20(21,22)23/h4-7H,8-9H2,1-3H3,(H,25,28)(H3,24,27,30)/b26-13-. The number of hydrogen-bond acceptors (Lipinski definition) is 4. The summed E-state index contributed by atoms with van der Waals surface area (Å²) in [5.41, 5.74) is 8.91. The van der Waals surface area contributed by atoms with Gasteiger partial charge in [-0.25, -0.2) is 0 Å². The molecule has 0 spiro atoms. The first-order valence-electron chi connectivity index (χ1n) is 9.10. The molecule has 0 aliphatic heterocycles. The van der Waals surface area contributed by atoms with Gasteiger partial charge in [0.15, 0.2) is 10.9 Å². The summed E-state index contributed by atoms with van der Waals surface area (Å²) in [6, 6.07) is 4.42. The van der Waals surface area contributed by atoms with E-state index >= 15 is 0 Å². The predicted octanol–water partition coefficient (Wildman–Crippen LogP) is 4.37. The van der Waals surface area contributed by atoms with Gasteiger partial charge in [-0.15, -0.1) is 0 Å². The van der Waals surface area contributed by atoms with Crippen molar-refractivity contribution in [1.82, 2.24) is 5.43 Å².